The van der Waals surface area contributed by atoms with E-state index in [0.29, 0.717) is 0 Å². The van der Waals surface area contributed by atoms with Crippen molar-refractivity contribution in [1.82, 2.24) is 4.90 Å². The summed E-state index contributed by atoms with van der Waals surface area (Å²) in [5.74, 6) is 0.187. The van der Waals surface area contributed by atoms with E-state index < -0.39 is 5.41 Å². The summed E-state index contributed by atoms with van der Waals surface area (Å²) >= 11 is 0. The van der Waals surface area contributed by atoms with Crippen LogP contribution in [0.25, 0.3) is 0 Å². The van der Waals surface area contributed by atoms with Gasteiger partial charge in [-0.3, -0.25) is 4.79 Å². The number of nitrogen functional groups attached to an aromatic ring is 1. The number of benzene rings is 1. The molecule has 2 rings (SSSR count). The van der Waals surface area contributed by atoms with Crippen molar-refractivity contribution in [3.8, 4) is 0 Å². The van der Waals surface area contributed by atoms with E-state index in [1.807, 2.05) is 43.1 Å². The molecule has 0 aromatic heterocycles. The van der Waals surface area contributed by atoms with Crippen LogP contribution < -0.4 is 5.73 Å². The first-order valence-corrected chi connectivity index (χ1v) is 5.92. The van der Waals surface area contributed by atoms with E-state index in [9.17, 15) is 4.79 Å². The first-order chi connectivity index (χ1) is 7.77. The molecular weight excluding hydrogens is 212 g/mol. The molecule has 1 atom stereocenters. The molecule has 1 aromatic carbocycles. The number of nitrogens with two attached hydrogens (primary N) is 1. The van der Waals surface area contributed by atoms with Crippen molar-refractivity contribution in [1.29, 1.82) is 0 Å². The lowest BCUT2D eigenvalue weighted by atomic mass is 9.77. The fraction of sp³-hybridized carbons (Fsp3) is 0.500. The van der Waals surface area contributed by atoms with Gasteiger partial charge < -0.3 is 10.6 Å². The van der Waals surface area contributed by atoms with Crippen LogP contribution in [-0.2, 0) is 10.2 Å². The maximum atomic E-state index is 12.4. The lowest BCUT2D eigenvalue weighted by Crippen LogP contribution is -2.38. The molecule has 1 heterocycles. The average molecular weight is 232 g/mol. The zero-order valence-corrected chi connectivity index (χ0v) is 10.9. The maximum absolute atomic E-state index is 12.4. The molecule has 17 heavy (non-hydrogen) atoms. The van der Waals surface area contributed by atoms with Crippen molar-refractivity contribution in [3.05, 3.63) is 29.8 Å². The lowest BCUT2D eigenvalue weighted by molar-refractivity contribution is -0.132. The van der Waals surface area contributed by atoms with Crippen molar-refractivity contribution in [2.75, 3.05) is 12.8 Å². The second kappa shape index (κ2) is 3.49. The summed E-state index contributed by atoms with van der Waals surface area (Å²) in [6.45, 7) is 6.23. The van der Waals surface area contributed by atoms with Gasteiger partial charge in [-0.2, -0.15) is 0 Å². The zero-order chi connectivity index (χ0) is 12.8. The van der Waals surface area contributed by atoms with Crippen LogP contribution in [0.5, 0.6) is 0 Å². The Morgan fingerprint density at radius 1 is 1.18 bits per heavy atom. The fourth-order valence-corrected chi connectivity index (χ4v) is 2.78. The first kappa shape index (κ1) is 12.0. The number of carbonyl (C=O) groups excluding carboxylic acids is 1. The highest BCUT2D eigenvalue weighted by Gasteiger charge is 2.51. The SMILES string of the molecule is CN1C(=O)[C@](C)(c2ccc(N)cc2)CC1(C)C. The Bertz CT molecular complexity index is 450. The minimum atomic E-state index is -0.425. The van der Waals surface area contributed by atoms with Crippen molar-refractivity contribution >= 4 is 11.6 Å². The van der Waals surface area contributed by atoms with E-state index in [4.69, 9.17) is 5.73 Å². The molecule has 1 fully saturated rings. The van der Waals surface area contributed by atoms with E-state index in [1.165, 1.54) is 0 Å². The Balaban J connectivity index is 2.44. The van der Waals surface area contributed by atoms with Crippen LogP contribution in [0.3, 0.4) is 0 Å². The van der Waals surface area contributed by atoms with E-state index in [-0.39, 0.29) is 11.4 Å². The third-order valence-electron chi connectivity index (χ3n) is 4.02. The molecule has 3 heteroatoms. The number of nitrogens with zero attached hydrogens (tertiary/aromatic N) is 1. The van der Waals surface area contributed by atoms with E-state index in [0.717, 1.165) is 17.7 Å². The minimum Gasteiger partial charge on any atom is -0.399 e. The molecule has 1 amide bonds. The summed E-state index contributed by atoms with van der Waals surface area (Å²) in [5.41, 5.74) is 6.96. The number of rotatable bonds is 1. The highest BCUT2D eigenvalue weighted by atomic mass is 16.2. The molecule has 3 nitrogen and oxygen atoms in total. The van der Waals surface area contributed by atoms with Crippen molar-refractivity contribution in [2.24, 2.45) is 0 Å². The molecule has 0 radical (unpaired) electrons. The molecule has 1 aromatic rings. The molecule has 92 valence electrons. The second-order valence-electron chi connectivity index (χ2n) is 5.81. The Kier molecular flexibility index (Phi) is 2.45. The normalized spacial score (nSPS) is 27.5. The quantitative estimate of drug-likeness (QED) is 0.754. The van der Waals surface area contributed by atoms with Crippen LogP contribution in [0.4, 0.5) is 5.69 Å². The van der Waals surface area contributed by atoms with Gasteiger partial charge >= 0.3 is 0 Å². The molecule has 0 aliphatic carbocycles. The number of amides is 1. The molecule has 1 aliphatic heterocycles. The zero-order valence-electron chi connectivity index (χ0n) is 10.9. The van der Waals surface area contributed by atoms with Crippen LogP contribution in [-0.4, -0.2) is 23.4 Å². The highest BCUT2D eigenvalue weighted by molar-refractivity contribution is 5.91. The van der Waals surface area contributed by atoms with Gasteiger partial charge in [0.1, 0.15) is 0 Å². The fourth-order valence-electron chi connectivity index (χ4n) is 2.78. The highest BCUT2D eigenvalue weighted by Crippen LogP contribution is 2.43. The van der Waals surface area contributed by atoms with Gasteiger partial charge in [0.25, 0.3) is 0 Å². The Morgan fingerprint density at radius 3 is 2.12 bits per heavy atom. The van der Waals surface area contributed by atoms with Crippen molar-refractivity contribution in [2.45, 2.75) is 38.1 Å². The van der Waals surface area contributed by atoms with Gasteiger partial charge in [-0.05, 0) is 44.9 Å². The lowest BCUT2D eigenvalue weighted by Gasteiger charge is -2.26. The van der Waals surface area contributed by atoms with Gasteiger partial charge in [-0.25, -0.2) is 0 Å². The summed E-state index contributed by atoms with van der Waals surface area (Å²) in [6, 6.07) is 7.64. The van der Waals surface area contributed by atoms with Gasteiger partial charge in [0.05, 0.1) is 5.41 Å². The standard InChI is InChI=1S/C14H20N2O/c1-13(2)9-14(3,12(17)16(13)4)10-5-7-11(15)8-6-10/h5-8H,9,15H2,1-4H3/t14-/m0/s1. The number of carbonyl (C=O) groups is 1. The Morgan fingerprint density at radius 2 is 1.71 bits per heavy atom. The molecule has 1 aliphatic rings. The monoisotopic (exact) mass is 232 g/mol. The average Bonchev–Trinajstić information content (AvgIpc) is 2.41. The summed E-state index contributed by atoms with van der Waals surface area (Å²) in [6.07, 6.45) is 0.833. The topological polar surface area (TPSA) is 46.3 Å². The molecule has 0 bridgehead atoms. The van der Waals surface area contributed by atoms with Crippen molar-refractivity contribution < 1.29 is 4.79 Å². The number of anilines is 1. The van der Waals surface area contributed by atoms with Crippen LogP contribution in [0, 0.1) is 0 Å². The molecular formula is C14H20N2O. The molecule has 2 N–H and O–H groups in total. The molecule has 0 saturated carbocycles. The molecule has 1 saturated heterocycles. The number of hydrogen-bond donors (Lipinski definition) is 1. The van der Waals surface area contributed by atoms with Gasteiger partial charge in [-0.15, -0.1) is 0 Å². The van der Waals surface area contributed by atoms with E-state index in [1.54, 1.807) is 0 Å². The largest absolute Gasteiger partial charge is 0.399 e. The van der Waals surface area contributed by atoms with E-state index >= 15 is 0 Å². The van der Waals surface area contributed by atoms with Gasteiger partial charge in [0.15, 0.2) is 0 Å². The molecule has 0 spiro atoms. The second-order valence-corrected chi connectivity index (χ2v) is 5.81. The summed E-state index contributed by atoms with van der Waals surface area (Å²) < 4.78 is 0. The minimum absolute atomic E-state index is 0.0901. The predicted octanol–water partition coefficient (Wildman–Crippen LogP) is 2.17. The van der Waals surface area contributed by atoms with E-state index in [2.05, 4.69) is 13.8 Å². The van der Waals surface area contributed by atoms with Crippen LogP contribution >= 0.6 is 0 Å². The number of likely N-dealkylation sites (tertiary alicyclic amines) is 1. The summed E-state index contributed by atoms with van der Waals surface area (Å²) in [7, 11) is 1.88. The Hall–Kier alpha value is -1.51. The smallest absolute Gasteiger partial charge is 0.233 e. The summed E-state index contributed by atoms with van der Waals surface area (Å²) in [4.78, 5) is 14.3. The van der Waals surface area contributed by atoms with Crippen molar-refractivity contribution in [3.63, 3.8) is 0 Å². The Labute approximate surface area is 103 Å². The van der Waals surface area contributed by atoms with Gasteiger partial charge in [0.2, 0.25) is 5.91 Å². The summed E-state index contributed by atoms with van der Waals surface area (Å²) in [5, 5.41) is 0. The van der Waals surface area contributed by atoms with Gasteiger partial charge in [-0.1, -0.05) is 12.1 Å². The van der Waals surface area contributed by atoms with Gasteiger partial charge in [0, 0.05) is 18.3 Å². The molecule has 0 unspecified atom stereocenters. The van der Waals surface area contributed by atoms with Crippen LogP contribution in [0.1, 0.15) is 32.8 Å². The third-order valence-corrected chi connectivity index (χ3v) is 4.02. The van der Waals surface area contributed by atoms with Crippen LogP contribution in [0.2, 0.25) is 0 Å². The third kappa shape index (κ3) is 1.70. The number of likely N-dealkylation sites (N-methyl/N-ethyl adjacent to an activating group) is 1. The maximum Gasteiger partial charge on any atom is 0.233 e. The predicted molar refractivity (Wildman–Crippen MR) is 69.7 cm³/mol. The number of hydrogen-bond acceptors (Lipinski definition) is 2. The van der Waals surface area contributed by atoms with Crippen LogP contribution in [0.15, 0.2) is 24.3 Å². The first-order valence-electron chi connectivity index (χ1n) is 5.92.